The van der Waals surface area contributed by atoms with Crippen molar-refractivity contribution in [3.8, 4) is 0 Å². The van der Waals surface area contributed by atoms with Crippen LogP contribution in [0.3, 0.4) is 0 Å². The van der Waals surface area contributed by atoms with Gasteiger partial charge in [-0.25, -0.2) is 13.4 Å². The molecule has 1 aromatic heterocycles. The van der Waals surface area contributed by atoms with Gasteiger partial charge in [-0.15, -0.1) is 0 Å². The zero-order chi connectivity index (χ0) is 24.2. The van der Waals surface area contributed by atoms with Gasteiger partial charge in [-0.3, -0.25) is 29.4 Å². The number of aromatic nitrogens is 1. The summed E-state index contributed by atoms with van der Waals surface area (Å²) >= 11 is 0.734. The molecule has 1 saturated carbocycles. The van der Waals surface area contributed by atoms with Crippen molar-refractivity contribution >= 4 is 49.7 Å². The molecule has 2 aliphatic carbocycles. The van der Waals surface area contributed by atoms with Crippen molar-refractivity contribution in [1.82, 2.24) is 9.88 Å². The Kier molecular flexibility index (Phi) is 5.32. The molecule has 34 heavy (non-hydrogen) atoms. The summed E-state index contributed by atoms with van der Waals surface area (Å²) in [4.78, 5) is 52.8. The second-order valence-corrected chi connectivity index (χ2v) is 11.6. The van der Waals surface area contributed by atoms with E-state index in [4.69, 9.17) is 0 Å². The number of benzene rings is 1. The quantitative estimate of drug-likeness (QED) is 0.261. The third kappa shape index (κ3) is 3.60. The number of nitro benzene ring substituents is 1. The second-order valence-electron chi connectivity index (χ2n) is 8.37. The second kappa shape index (κ2) is 8.09. The fourth-order valence-electron chi connectivity index (χ4n) is 4.88. The van der Waals surface area contributed by atoms with E-state index in [0.717, 1.165) is 53.1 Å². The molecule has 176 valence electrons. The molecule has 2 bridgehead atoms. The minimum absolute atomic E-state index is 0.0451. The first-order chi connectivity index (χ1) is 16.2. The number of carbonyl (C=O) groups excluding carboxylic acids is 3. The summed E-state index contributed by atoms with van der Waals surface area (Å²) in [6.45, 7) is -0.0464. The third-order valence-corrected chi connectivity index (χ3v) is 9.62. The Morgan fingerprint density at radius 1 is 1.15 bits per heavy atom. The van der Waals surface area contributed by atoms with Crippen LogP contribution in [0.1, 0.15) is 12.8 Å². The number of fused-ring (bicyclic) bond motifs is 5. The number of likely N-dealkylation sites (tertiary alicyclic amines) is 1. The number of hydrogen-bond acceptors (Lipinski definition) is 9. The summed E-state index contributed by atoms with van der Waals surface area (Å²) in [5.74, 6) is -1.43. The average Bonchev–Trinajstić information content (AvgIpc) is 3.58. The Morgan fingerprint density at radius 2 is 1.76 bits per heavy atom. The molecule has 11 nitrogen and oxygen atoms in total. The highest BCUT2D eigenvalue weighted by atomic mass is 32.2. The van der Waals surface area contributed by atoms with E-state index in [-0.39, 0.29) is 68.4 Å². The number of carbonyl (C=O) groups is 3. The van der Waals surface area contributed by atoms with Gasteiger partial charge in [-0.2, -0.15) is 0 Å². The number of amides is 3. The molecule has 4 atom stereocenters. The lowest BCUT2D eigenvalue weighted by Gasteiger charge is -2.16. The summed E-state index contributed by atoms with van der Waals surface area (Å²) in [5, 5.41) is 13.3. The minimum atomic E-state index is -3.97. The van der Waals surface area contributed by atoms with Gasteiger partial charge < -0.3 is 5.32 Å². The topological polar surface area (TPSA) is 157 Å². The number of imide groups is 1. The van der Waals surface area contributed by atoms with Crippen molar-refractivity contribution in [3.05, 3.63) is 52.7 Å². The van der Waals surface area contributed by atoms with Crippen molar-refractivity contribution in [2.75, 3.05) is 11.9 Å². The standard InChI is InChI=1S/C21H18N4O7S2/c26-15(7-8-24-19(27)17-11-1-2-12(9-11)18(17)20(24)28)23-21-22-10-16(33-21)34(31,32)14-5-3-13(4-6-14)25(29)30/h1-6,10-12,17-18H,7-9H2,(H,22,23,26)/t11-,12-,17+,18+/m0/s1. The van der Waals surface area contributed by atoms with E-state index in [0.29, 0.717) is 0 Å². The molecule has 0 unspecified atom stereocenters. The van der Waals surface area contributed by atoms with Crippen molar-refractivity contribution in [1.29, 1.82) is 0 Å². The molecule has 0 spiro atoms. The number of non-ortho nitro benzene ring substituents is 1. The Morgan fingerprint density at radius 3 is 2.35 bits per heavy atom. The van der Waals surface area contributed by atoms with E-state index in [2.05, 4.69) is 10.3 Å². The van der Waals surface area contributed by atoms with Gasteiger partial charge >= 0.3 is 0 Å². The Hall–Kier alpha value is -3.45. The fourth-order valence-corrected chi connectivity index (χ4v) is 7.33. The number of nitrogens with zero attached hydrogens (tertiary/aromatic N) is 3. The van der Waals surface area contributed by atoms with Crippen LogP contribution in [0.5, 0.6) is 0 Å². The first-order valence-electron chi connectivity index (χ1n) is 10.5. The number of rotatable bonds is 7. The number of thiazole rings is 1. The van der Waals surface area contributed by atoms with Crippen molar-refractivity contribution in [2.24, 2.45) is 23.7 Å². The minimum Gasteiger partial charge on any atom is -0.302 e. The molecule has 3 amide bonds. The van der Waals surface area contributed by atoms with Gasteiger partial charge in [0.2, 0.25) is 27.6 Å². The summed E-state index contributed by atoms with van der Waals surface area (Å²) < 4.78 is 25.3. The van der Waals surface area contributed by atoms with Crippen LogP contribution in [-0.2, 0) is 24.2 Å². The zero-order valence-corrected chi connectivity index (χ0v) is 19.1. The predicted molar refractivity (Wildman–Crippen MR) is 118 cm³/mol. The first-order valence-corrected chi connectivity index (χ1v) is 12.8. The van der Waals surface area contributed by atoms with E-state index >= 15 is 0 Å². The normalized spacial score (nSPS) is 25.1. The first kappa shape index (κ1) is 22.3. The monoisotopic (exact) mass is 502 g/mol. The Labute approximate surface area is 197 Å². The van der Waals surface area contributed by atoms with Crippen LogP contribution in [0.2, 0.25) is 0 Å². The van der Waals surface area contributed by atoms with Gasteiger partial charge in [0.1, 0.15) is 4.21 Å². The number of nitro groups is 1. The molecule has 0 radical (unpaired) electrons. The van der Waals surface area contributed by atoms with Crippen LogP contribution >= 0.6 is 11.3 Å². The number of nitrogens with one attached hydrogen (secondary N) is 1. The summed E-state index contributed by atoms with van der Waals surface area (Å²) in [5.41, 5.74) is -0.237. The number of hydrogen-bond donors (Lipinski definition) is 1. The highest BCUT2D eigenvalue weighted by Gasteiger charge is 2.59. The van der Waals surface area contributed by atoms with Crippen LogP contribution in [0.4, 0.5) is 10.8 Å². The van der Waals surface area contributed by atoms with Crippen LogP contribution in [0.25, 0.3) is 0 Å². The number of allylic oxidation sites excluding steroid dienone is 2. The van der Waals surface area contributed by atoms with Crippen molar-refractivity contribution < 1.29 is 27.7 Å². The SMILES string of the molecule is O=C(CCN1C(=O)[C@H]2[C@H](C1=O)[C@H]1C=C[C@H]2C1)Nc1ncc(S(=O)(=O)c2ccc([N+](=O)[O-])cc2)s1. The van der Waals surface area contributed by atoms with Crippen molar-refractivity contribution in [3.63, 3.8) is 0 Å². The molecule has 5 rings (SSSR count). The van der Waals surface area contributed by atoms with Gasteiger partial charge in [0.05, 0.1) is 27.9 Å². The highest BCUT2D eigenvalue weighted by Crippen LogP contribution is 2.52. The van der Waals surface area contributed by atoms with E-state index < -0.39 is 20.7 Å². The average molecular weight is 503 g/mol. The van der Waals surface area contributed by atoms with Crippen LogP contribution in [0.15, 0.2) is 51.7 Å². The molecular weight excluding hydrogens is 484 g/mol. The van der Waals surface area contributed by atoms with Gasteiger partial charge in [0.15, 0.2) is 5.13 Å². The van der Waals surface area contributed by atoms with Gasteiger partial charge in [0, 0.05) is 25.1 Å². The lowest BCUT2D eigenvalue weighted by atomic mass is 9.85. The van der Waals surface area contributed by atoms with Crippen LogP contribution in [0, 0.1) is 33.8 Å². The summed E-state index contributed by atoms with van der Waals surface area (Å²) in [6.07, 6.45) is 5.78. The van der Waals surface area contributed by atoms with E-state index in [1.165, 1.54) is 0 Å². The maximum absolute atomic E-state index is 12.7. The number of anilines is 1. The molecule has 1 N–H and O–H groups in total. The molecular formula is C21H18N4O7S2. The third-order valence-electron chi connectivity index (χ3n) is 6.48. The molecule has 1 saturated heterocycles. The molecule has 3 aliphatic rings. The maximum Gasteiger partial charge on any atom is 0.269 e. The molecule has 1 aromatic carbocycles. The molecule has 1 aliphatic heterocycles. The maximum atomic E-state index is 12.7. The zero-order valence-electron chi connectivity index (χ0n) is 17.5. The smallest absolute Gasteiger partial charge is 0.269 e. The lowest BCUT2D eigenvalue weighted by Crippen LogP contribution is -2.35. The van der Waals surface area contributed by atoms with Gasteiger partial charge in [-0.1, -0.05) is 23.5 Å². The molecule has 2 heterocycles. The number of sulfone groups is 1. The highest BCUT2D eigenvalue weighted by molar-refractivity contribution is 7.93. The summed E-state index contributed by atoms with van der Waals surface area (Å²) in [6, 6.07) is 4.44. The van der Waals surface area contributed by atoms with Gasteiger partial charge in [0.25, 0.3) is 5.69 Å². The summed E-state index contributed by atoms with van der Waals surface area (Å²) in [7, 11) is -3.97. The fraction of sp³-hybridized carbons (Fsp3) is 0.333. The largest absolute Gasteiger partial charge is 0.302 e. The molecule has 13 heteroatoms. The lowest BCUT2D eigenvalue weighted by molar-refractivity contribution is -0.384. The van der Waals surface area contributed by atoms with E-state index in [9.17, 15) is 32.9 Å². The Balaban J connectivity index is 1.20. The van der Waals surface area contributed by atoms with E-state index in [1.807, 2.05) is 12.2 Å². The molecule has 2 fully saturated rings. The van der Waals surface area contributed by atoms with E-state index in [1.54, 1.807) is 0 Å². The van der Waals surface area contributed by atoms with Crippen LogP contribution < -0.4 is 5.32 Å². The van der Waals surface area contributed by atoms with Crippen LogP contribution in [-0.4, -0.2) is 47.5 Å². The van der Waals surface area contributed by atoms with Crippen molar-refractivity contribution in [2.45, 2.75) is 21.9 Å². The molecule has 2 aromatic rings. The predicted octanol–water partition coefficient (Wildman–Crippen LogP) is 2.02. The Bertz CT molecular complexity index is 1320. The van der Waals surface area contributed by atoms with Gasteiger partial charge in [-0.05, 0) is 30.4 Å².